The second kappa shape index (κ2) is 7.65. The lowest BCUT2D eigenvalue weighted by Crippen LogP contribution is -2.40. The minimum Gasteiger partial charge on any atom is -0.481 e. The highest BCUT2D eigenvalue weighted by Gasteiger charge is 2.27. The summed E-state index contributed by atoms with van der Waals surface area (Å²) in [6.07, 6.45) is 2.20. The van der Waals surface area contributed by atoms with Crippen molar-refractivity contribution in [3.05, 3.63) is 29.8 Å². The van der Waals surface area contributed by atoms with Crippen LogP contribution in [0.3, 0.4) is 0 Å². The number of nitrogens with zero attached hydrogens (tertiary/aromatic N) is 1. The van der Waals surface area contributed by atoms with E-state index in [9.17, 15) is 14.4 Å². The summed E-state index contributed by atoms with van der Waals surface area (Å²) in [6, 6.07) is 6.75. The largest absolute Gasteiger partial charge is 0.481 e. The molecular formula is C18H22N2O5. The van der Waals surface area contributed by atoms with Gasteiger partial charge in [0.15, 0.2) is 0 Å². The van der Waals surface area contributed by atoms with Gasteiger partial charge in [-0.05, 0) is 49.9 Å². The van der Waals surface area contributed by atoms with Gasteiger partial charge in [-0.2, -0.15) is 0 Å². The number of aliphatic carboxylic acids is 1. The molecule has 1 aromatic rings. The van der Waals surface area contributed by atoms with Crippen LogP contribution in [0, 0.1) is 5.92 Å². The van der Waals surface area contributed by atoms with Crippen LogP contribution in [0.2, 0.25) is 0 Å². The zero-order valence-electron chi connectivity index (χ0n) is 13.9. The summed E-state index contributed by atoms with van der Waals surface area (Å²) in [7, 11) is 0. The fraction of sp³-hybridized carbons (Fsp3) is 0.500. The van der Waals surface area contributed by atoms with E-state index in [4.69, 9.17) is 9.84 Å². The first kappa shape index (κ1) is 17.4. The van der Waals surface area contributed by atoms with E-state index in [0.717, 1.165) is 12.8 Å². The number of carbonyl (C=O) groups excluding carboxylic acids is 2. The van der Waals surface area contributed by atoms with E-state index in [1.54, 1.807) is 29.2 Å². The number of rotatable bonds is 4. The zero-order chi connectivity index (χ0) is 17.8. The van der Waals surface area contributed by atoms with Gasteiger partial charge in [0.25, 0.3) is 11.8 Å². The quantitative estimate of drug-likeness (QED) is 0.866. The Hall–Kier alpha value is -2.41. The predicted molar refractivity (Wildman–Crippen MR) is 90.3 cm³/mol. The normalized spacial score (nSPS) is 21.1. The van der Waals surface area contributed by atoms with E-state index in [2.05, 4.69) is 5.32 Å². The maximum Gasteiger partial charge on any atom is 0.306 e. The molecule has 25 heavy (non-hydrogen) atoms. The van der Waals surface area contributed by atoms with E-state index in [-0.39, 0.29) is 17.7 Å². The second-order valence-electron chi connectivity index (χ2n) is 6.47. The first-order chi connectivity index (χ1) is 12.0. The van der Waals surface area contributed by atoms with Gasteiger partial charge in [0.1, 0.15) is 6.10 Å². The minimum absolute atomic E-state index is 0.110. The van der Waals surface area contributed by atoms with Crippen molar-refractivity contribution < 1.29 is 24.2 Å². The van der Waals surface area contributed by atoms with Crippen molar-refractivity contribution in [3.8, 4) is 0 Å². The van der Waals surface area contributed by atoms with Crippen molar-refractivity contribution >= 4 is 23.5 Å². The molecule has 2 N–H and O–H groups in total. The molecule has 2 aliphatic heterocycles. The lowest BCUT2D eigenvalue weighted by atomic mass is 9.96. The highest BCUT2D eigenvalue weighted by atomic mass is 16.5. The molecule has 2 amide bonds. The Morgan fingerprint density at radius 3 is 2.32 bits per heavy atom. The van der Waals surface area contributed by atoms with E-state index < -0.39 is 12.1 Å². The van der Waals surface area contributed by atoms with Crippen LogP contribution in [0.15, 0.2) is 24.3 Å². The molecular weight excluding hydrogens is 324 g/mol. The molecule has 0 aliphatic carbocycles. The van der Waals surface area contributed by atoms with Crippen LogP contribution in [-0.4, -0.2) is 53.6 Å². The van der Waals surface area contributed by atoms with Crippen molar-refractivity contribution in [1.29, 1.82) is 0 Å². The molecule has 134 valence electrons. The van der Waals surface area contributed by atoms with E-state index >= 15 is 0 Å². The molecule has 0 bridgehead atoms. The van der Waals surface area contributed by atoms with Crippen LogP contribution in [-0.2, 0) is 14.3 Å². The standard InChI is InChI=1S/C18H22N2O5/c21-16(15-2-1-11-25-15)19-14-5-3-12(4-6-14)17(22)20-9-7-13(8-10-20)18(23)24/h3-6,13,15H,1-2,7-11H2,(H,19,21)(H,23,24). The molecule has 2 aliphatic rings. The van der Waals surface area contributed by atoms with Gasteiger partial charge in [-0.3, -0.25) is 14.4 Å². The Kier molecular flexibility index (Phi) is 5.33. The van der Waals surface area contributed by atoms with Crippen molar-refractivity contribution in [2.75, 3.05) is 25.0 Å². The average molecular weight is 346 g/mol. The molecule has 0 aromatic heterocycles. The zero-order valence-corrected chi connectivity index (χ0v) is 13.9. The summed E-state index contributed by atoms with van der Waals surface area (Å²) in [4.78, 5) is 37.2. The van der Waals surface area contributed by atoms with Gasteiger partial charge < -0.3 is 20.1 Å². The second-order valence-corrected chi connectivity index (χ2v) is 6.47. The molecule has 7 nitrogen and oxygen atoms in total. The van der Waals surface area contributed by atoms with Crippen LogP contribution in [0.1, 0.15) is 36.0 Å². The number of benzene rings is 1. The number of nitrogens with one attached hydrogen (secondary N) is 1. The smallest absolute Gasteiger partial charge is 0.306 e. The third-order valence-corrected chi connectivity index (χ3v) is 4.75. The summed E-state index contributed by atoms with van der Waals surface area (Å²) in [5, 5.41) is 11.8. The number of ether oxygens (including phenoxy) is 1. The Labute approximate surface area is 146 Å². The van der Waals surface area contributed by atoms with Crippen LogP contribution in [0.4, 0.5) is 5.69 Å². The predicted octanol–water partition coefficient (Wildman–Crippen LogP) is 1.74. The molecule has 0 radical (unpaired) electrons. The Balaban J connectivity index is 1.55. The fourth-order valence-electron chi connectivity index (χ4n) is 3.22. The molecule has 7 heteroatoms. The van der Waals surface area contributed by atoms with Gasteiger partial charge in [-0.25, -0.2) is 0 Å². The summed E-state index contributed by atoms with van der Waals surface area (Å²) in [6.45, 7) is 1.52. The van der Waals surface area contributed by atoms with Gasteiger partial charge in [0.2, 0.25) is 0 Å². The van der Waals surface area contributed by atoms with Crippen molar-refractivity contribution in [2.45, 2.75) is 31.8 Å². The average Bonchev–Trinajstić information content (AvgIpc) is 3.17. The SMILES string of the molecule is O=C(O)C1CCN(C(=O)c2ccc(NC(=O)C3CCCO3)cc2)CC1. The van der Waals surface area contributed by atoms with Crippen molar-refractivity contribution in [2.24, 2.45) is 5.92 Å². The van der Waals surface area contributed by atoms with Crippen molar-refractivity contribution in [3.63, 3.8) is 0 Å². The van der Waals surface area contributed by atoms with E-state index in [1.807, 2.05) is 0 Å². The van der Waals surface area contributed by atoms with Crippen molar-refractivity contribution in [1.82, 2.24) is 4.90 Å². The number of carboxylic acid groups (broad SMARTS) is 1. The summed E-state index contributed by atoms with van der Waals surface area (Å²) in [5.74, 6) is -1.42. The van der Waals surface area contributed by atoms with Crippen LogP contribution < -0.4 is 5.32 Å². The number of hydrogen-bond acceptors (Lipinski definition) is 4. The van der Waals surface area contributed by atoms with Crippen LogP contribution in [0.5, 0.6) is 0 Å². The number of hydrogen-bond donors (Lipinski definition) is 2. The van der Waals surface area contributed by atoms with Gasteiger partial charge >= 0.3 is 5.97 Å². The van der Waals surface area contributed by atoms with Gasteiger partial charge in [0, 0.05) is 30.9 Å². The Bertz CT molecular complexity index is 644. The summed E-state index contributed by atoms with van der Waals surface area (Å²) < 4.78 is 5.34. The van der Waals surface area contributed by atoms with Crippen LogP contribution >= 0.6 is 0 Å². The number of piperidine rings is 1. The maximum absolute atomic E-state index is 12.5. The molecule has 1 aromatic carbocycles. The van der Waals surface area contributed by atoms with Crippen LogP contribution in [0.25, 0.3) is 0 Å². The molecule has 2 saturated heterocycles. The fourth-order valence-corrected chi connectivity index (χ4v) is 3.22. The molecule has 0 spiro atoms. The van der Waals surface area contributed by atoms with Gasteiger partial charge in [0.05, 0.1) is 5.92 Å². The number of amides is 2. The molecule has 0 saturated carbocycles. The summed E-state index contributed by atoms with van der Waals surface area (Å²) >= 11 is 0. The lowest BCUT2D eigenvalue weighted by Gasteiger charge is -2.30. The minimum atomic E-state index is -0.793. The molecule has 2 fully saturated rings. The first-order valence-corrected chi connectivity index (χ1v) is 8.59. The monoisotopic (exact) mass is 346 g/mol. The third-order valence-electron chi connectivity index (χ3n) is 4.75. The number of carboxylic acids is 1. The van der Waals surface area contributed by atoms with Gasteiger partial charge in [-0.1, -0.05) is 0 Å². The highest BCUT2D eigenvalue weighted by molar-refractivity contribution is 5.97. The number of likely N-dealkylation sites (tertiary alicyclic amines) is 1. The number of anilines is 1. The maximum atomic E-state index is 12.5. The molecule has 2 heterocycles. The highest BCUT2D eigenvalue weighted by Crippen LogP contribution is 2.20. The van der Waals surface area contributed by atoms with E-state index in [0.29, 0.717) is 43.8 Å². The Morgan fingerprint density at radius 2 is 1.76 bits per heavy atom. The topological polar surface area (TPSA) is 95.9 Å². The number of carbonyl (C=O) groups is 3. The lowest BCUT2D eigenvalue weighted by molar-refractivity contribution is -0.143. The summed E-state index contributed by atoms with van der Waals surface area (Å²) in [5.41, 5.74) is 1.16. The third kappa shape index (κ3) is 4.17. The van der Waals surface area contributed by atoms with Gasteiger partial charge in [-0.15, -0.1) is 0 Å². The molecule has 1 unspecified atom stereocenters. The molecule has 3 rings (SSSR count). The Morgan fingerprint density at radius 1 is 1.08 bits per heavy atom. The van der Waals surface area contributed by atoms with E-state index in [1.165, 1.54) is 0 Å². The molecule has 1 atom stereocenters. The first-order valence-electron chi connectivity index (χ1n) is 8.59.